The monoisotopic (exact) mass is 248 g/mol. The van der Waals surface area contributed by atoms with Gasteiger partial charge >= 0.3 is 6.18 Å². The van der Waals surface area contributed by atoms with Gasteiger partial charge in [0, 0.05) is 0 Å². The van der Waals surface area contributed by atoms with Gasteiger partial charge in [-0.15, -0.1) is 0 Å². The molecule has 0 aromatic rings. The number of carbonyl (C=O) groups excluding carboxylic acids is 1. The largest absolute Gasteiger partial charge is 0.431 e. The van der Waals surface area contributed by atoms with Crippen molar-refractivity contribution in [1.82, 2.24) is 5.01 Å². The normalized spacial score (nSPS) is 27.5. The highest BCUT2D eigenvalue weighted by Crippen LogP contribution is 2.32. The van der Waals surface area contributed by atoms with Crippen LogP contribution >= 0.6 is 0 Å². The fourth-order valence-electron chi connectivity index (χ4n) is 2.46. The molecule has 0 saturated heterocycles. The molecular formula is C11H15F3N2O. The first-order valence-corrected chi connectivity index (χ1v) is 5.90. The molecule has 1 aliphatic heterocycles. The van der Waals surface area contributed by atoms with Gasteiger partial charge in [0.2, 0.25) is 0 Å². The molecule has 0 radical (unpaired) electrons. The summed E-state index contributed by atoms with van der Waals surface area (Å²) in [7, 11) is 0. The minimum Gasteiger partial charge on any atom is -0.272 e. The van der Waals surface area contributed by atoms with Crippen molar-refractivity contribution in [2.24, 2.45) is 11.0 Å². The van der Waals surface area contributed by atoms with Crippen molar-refractivity contribution in [3.8, 4) is 0 Å². The van der Waals surface area contributed by atoms with Crippen molar-refractivity contribution >= 4 is 11.6 Å². The third kappa shape index (κ3) is 2.30. The van der Waals surface area contributed by atoms with Crippen LogP contribution in [0.5, 0.6) is 0 Å². The standard InChI is InChI=1S/C11H15F3N2O/c1-7-9(11(12,13)14)15-16(10(7)17)8-5-3-2-4-6-8/h7-8H,2-6H2,1H3. The van der Waals surface area contributed by atoms with E-state index in [2.05, 4.69) is 5.10 Å². The zero-order valence-electron chi connectivity index (χ0n) is 9.63. The number of amides is 1. The third-order valence-electron chi connectivity index (χ3n) is 3.43. The van der Waals surface area contributed by atoms with Gasteiger partial charge in [0.05, 0.1) is 12.0 Å². The Labute approximate surface area is 97.7 Å². The second-order valence-corrected chi connectivity index (χ2v) is 4.68. The lowest BCUT2D eigenvalue weighted by atomic mass is 9.94. The van der Waals surface area contributed by atoms with Crippen molar-refractivity contribution in [1.29, 1.82) is 0 Å². The first kappa shape index (κ1) is 12.4. The smallest absolute Gasteiger partial charge is 0.272 e. The van der Waals surface area contributed by atoms with Crippen LogP contribution in [-0.4, -0.2) is 28.8 Å². The maximum atomic E-state index is 12.6. The Morgan fingerprint density at radius 2 is 1.82 bits per heavy atom. The molecule has 1 amide bonds. The Bertz CT molecular complexity index is 345. The number of hydrogen-bond acceptors (Lipinski definition) is 2. The Morgan fingerprint density at radius 1 is 1.24 bits per heavy atom. The molecule has 2 aliphatic rings. The van der Waals surface area contributed by atoms with Crippen molar-refractivity contribution in [3.63, 3.8) is 0 Å². The summed E-state index contributed by atoms with van der Waals surface area (Å²) in [6, 6.07) is -0.140. The average Bonchev–Trinajstić information content (AvgIpc) is 2.57. The number of carbonyl (C=O) groups is 1. The molecule has 1 unspecified atom stereocenters. The molecule has 0 bridgehead atoms. The summed E-state index contributed by atoms with van der Waals surface area (Å²) in [6.45, 7) is 1.28. The molecule has 0 N–H and O–H groups in total. The molecule has 2 rings (SSSR count). The first-order valence-electron chi connectivity index (χ1n) is 5.90. The van der Waals surface area contributed by atoms with Gasteiger partial charge in [-0.1, -0.05) is 19.3 Å². The lowest BCUT2D eigenvalue weighted by Gasteiger charge is -2.28. The van der Waals surface area contributed by atoms with Crippen LogP contribution in [0.2, 0.25) is 0 Å². The quantitative estimate of drug-likeness (QED) is 0.702. The van der Waals surface area contributed by atoms with Crippen molar-refractivity contribution < 1.29 is 18.0 Å². The van der Waals surface area contributed by atoms with Crippen LogP contribution in [0.25, 0.3) is 0 Å². The van der Waals surface area contributed by atoms with Gasteiger partial charge in [-0.3, -0.25) is 4.79 Å². The Hall–Kier alpha value is -1.07. The lowest BCUT2D eigenvalue weighted by molar-refractivity contribution is -0.134. The van der Waals surface area contributed by atoms with Crippen LogP contribution in [0, 0.1) is 5.92 Å². The van der Waals surface area contributed by atoms with Crippen molar-refractivity contribution in [2.75, 3.05) is 0 Å². The average molecular weight is 248 g/mol. The van der Waals surface area contributed by atoms with E-state index in [0.717, 1.165) is 37.1 Å². The number of rotatable bonds is 1. The number of hydrogen-bond donors (Lipinski definition) is 0. The summed E-state index contributed by atoms with van der Waals surface area (Å²) in [5, 5.41) is 4.60. The van der Waals surface area contributed by atoms with Crippen molar-refractivity contribution in [3.05, 3.63) is 0 Å². The summed E-state index contributed by atoms with van der Waals surface area (Å²) >= 11 is 0. The maximum absolute atomic E-state index is 12.6. The first-order chi connectivity index (χ1) is 7.91. The summed E-state index contributed by atoms with van der Waals surface area (Å²) in [5.41, 5.74) is -0.951. The van der Waals surface area contributed by atoms with Crippen LogP contribution in [0.3, 0.4) is 0 Å². The van der Waals surface area contributed by atoms with Gasteiger partial charge in [0.1, 0.15) is 0 Å². The summed E-state index contributed by atoms with van der Waals surface area (Å²) in [4.78, 5) is 11.8. The number of halogens is 3. The van der Waals surface area contributed by atoms with E-state index < -0.39 is 23.7 Å². The topological polar surface area (TPSA) is 32.7 Å². The fourth-order valence-corrected chi connectivity index (χ4v) is 2.46. The maximum Gasteiger partial charge on any atom is 0.431 e. The van der Waals surface area contributed by atoms with Gasteiger partial charge < -0.3 is 0 Å². The van der Waals surface area contributed by atoms with Gasteiger partial charge in [0.15, 0.2) is 5.71 Å². The van der Waals surface area contributed by atoms with E-state index in [-0.39, 0.29) is 6.04 Å². The second-order valence-electron chi connectivity index (χ2n) is 4.68. The SMILES string of the molecule is CC1C(=O)N(C2CCCCC2)N=C1C(F)(F)F. The van der Waals surface area contributed by atoms with Gasteiger partial charge in [0.25, 0.3) is 5.91 Å². The molecule has 0 aromatic carbocycles. The lowest BCUT2D eigenvalue weighted by Crippen LogP contribution is -2.37. The number of alkyl halides is 3. The molecule has 1 fully saturated rings. The van der Waals surface area contributed by atoms with Gasteiger partial charge in [-0.2, -0.15) is 18.3 Å². The minimum absolute atomic E-state index is 0.140. The van der Waals surface area contributed by atoms with E-state index in [0.29, 0.717) is 0 Å². The van der Waals surface area contributed by atoms with E-state index in [1.807, 2.05) is 0 Å². The molecule has 1 saturated carbocycles. The van der Waals surface area contributed by atoms with Crippen LogP contribution in [0.1, 0.15) is 39.0 Å². The summed E-state index contributed by atoms with van der Waals surface area (Å²) < 4.78 is 37.8. The Kier molecular flexibility index (Phi) is 3.14. The molecule has 1 heterocycles. The number of hydrazone groups is 1. The molecule has 17 heavy (non-hydrogen) atoms. The Balaban J connectivity index is 2.18. The predicted molar refractivity (Wildman–Crippen MR) is 56.4 cm³/mol. The third-order valence-corrected chi connectivity index (χ3v) is 3.43. The Morgan fingerprint density at radius 3 is 2.29 bits per heavy atom. The summed E-state index contributed by atoms with van der Waals surface area (Å²) in [6.07, 6.45) is 0.0159. The van der Waals surface area contributed by atoms with E-state index >= 15 is 0 Å². The predicted octanol–water partition coefficient (Wildman–Crippen LogP) is 2.72. The minimum atomic E-state index is -4.50. The molecule has 1 aliphatic carbocycles. The zero-order valence-corrected chi connectivity index (χ0v) is 9.63. The van der Waals surface area contributed by atoms with E-state index in [4.69, 9.17) is 0 Å². The molecular weight excluding hydrogens is 233 g/mol. The fraction of sp³-hybridized carbons (Fsp3) is 0.818. The number of nitrogens with zero attached hydrogens (tertiary/aromatic N) is 2. The van der Waals surface area contributed by atoms with Crippen LogP contribution < -0.4 is 0 Å². The molecule has 0 spiro atoms. The van der Waals surface area contributed by atoms with Crippen molar-refractivity contribution in [2.45, 2.75) is 51.2 Å². The molecule has 96 valence electrons. The van der Waals surface area contributed by atoms with E-state index in [1.54, 1.807) is 0 Å². The summed E-state index contributed by atoms with van der Waals surface area (Å²) in [5.74, 6) is -1.67. The highest BCUT2D eigenvalue weighted by molar-refractivity contribution is 6.10. The zero-order chi connectivity index (χ0) is 12.6. The van der Waals surface area contributed by atoms with Gasteiger partial charge in [-0.25, -0.2) is 5.01 Å². The van der Waals surface area contributed by atoms with Gasteiger partial charge in [-0.05, 0) is 19.8 Å². The highest BCUT2D eigenvalue weighted by atomic mass is 19.4. The van der Waals surface area contributed by atoms with E-state index in [9.17, 15) is 18.0 Å². The molecule has 3 nitrogen and oxygen atoms in total. The molecule has 0 aromatic heterocycles. The molecule has 6 heteroatoms. The van der Waals surface area contributed by atoms with Crippen LogP contribution in [0.4, 0.5) is 13.2 Å². The van der Waals surface area contributed by atoms with Crippen LogP contribution in [-0.2, 0) is 4.79 Å². The highest BCUT2D eigenvalue weighted by Gasteiger charge is 2.48. The second kappa shape index (κ2) is 4.31. The molecule has 1 atom stereocenters. The van der Waals surface area contributed by atoms with E-state index in [1.165, 1.54) is 6.92 Å². The van der Waals surface area contributed by atoms with Crippen LogP contribution in [0.15, 0.2) is 5.10 Å².